The number of Topliss-reactive ketones (excluding diaryl/α,β-unsaturated/α-hetero) is 1. The number of ketones is 1. The Bertz CT molecular complexity index is 520. The summed E-state index contributed by atoms with van der Waals surface area (Å²) in [6, 6.07) is 0. The second-order valence-corrected chi connectivity index (χ2v) is 5.30. The maximum Gasteiger partial charge on any atom is 0.337 e. The first-order valence-corrected chi connectivity index (χ1v) is 6.45. The summed E-state index contributed by atoms with van der Waals surface area (Å²) >= 11 is 0. The number of carbonyl (C=O) groups excluding carboxylic acids is 3. The van der Waals surface area contributed by atoms with Gasteiger partial charge < -0.3 is 14.2 Å². The molecule has 20 heavy (non-hydrogen) atoms. The Labute approximate surface area is 117 Å². The minimum Gasteiger partial charge on any atom is -0.466 e. The molecule has 6 nitrogen and oxygen atoms in total. The zero-order valence-corrected chi connectivity index (χ0v) is 12.1. The quantitative estimate of drug-likeness (QED) is 0.716. The lowest BCUT2D eigenvalue weighted by Crippen LogP contribution is -2.48. The zero-order valence-electron chi connectivity index (χ0n) is 12.1. The van der Waals surface area contributed by atoms with Crippen LogP contribution in [0.3, 0.4) is 0 Å². The molecule has 2 atom stereocenters. The summed E-state index contributed by atoms with van der Waals surface area (Å²) in [5, 5.41) is 0. The molecule has 0 radical (unpaired) electrons. The Morgan fingerprint density at radius 1 is 1.05 bits per heavy atom. The lowest BCUT2D eigenvalue weighted by atomic mass is 9.85. The Morgan fingerprint density at radius 2 is 1.60 bits per heavy atom. The van der Waals surface area contributed by atoms with Crippen molar-refractivity contribution >= 4 is 17.7 Å². The fraction of sp³-hybridized carbons (Fsp3) is 0.643. The highest BCUT2D eigenvalue weighted by Gasteiger charge is 2.62. The average molecular weight is 282 g/mol. The van der Waals surface area contributed by atoms with Gasteiger partial charge in [0.1, 0.15) is 0 Å². The first-order chi connectivity index (χ1) is 9.32. The first kappa shape index (κ1) is 14.7. The van der Waals surface area contributed by atoms with Crippen molar-refractivity contribution in [2.24, 2.45) is 0 Å². The summed E-state index contributed by atoms with van der Waals surface area (Å²) < 4.78 is 15.4. The van der Waals surface area contributed by atoms with Gasteiger partial charge >= 0.3 is 11.9 Å². The second kappa shape index (κ2) is 4.70. The highest BCUT2D eigenvalue weighted by Crippen LogP contribution is 2.52. The van der Waals surface area contributed by atoms with E-state index >= 15 is 0 Å². The zero-order chi connectivity index (χ0) is 15.1. The molecule has 0 spiro atoms. The molecule has 110 valence electrons. The van der Waals surface area contributed by atoms with Crippen LogP contribution in [0.2, 0.25) is 0 Å². The van der Waals surface area contributed by atoms with Crippen LogP contribution in [-0.4, -0.2) is 43.1 Å². The molecule has 2 bridgehead atoms. The number of hydrogen-bond donors (Lipinski definition) is 0. The van der Waals surface area contributed by atoms with E-state index in [-0.39, 0.29) is 16.9 Å². The topological polar surface area (TPSA) is 78.9 Å². The van der Waals surface area contributed by atoms with E-state index in [1.807, 2.05) is 0 Å². The molecule has 1 saturated heterocycles. The molecule has 0 aliphatic carbocycles. The standard InChI is InChI=1S/C14H18O6/c1-8(15)14-7-5-6-13(2,20-14)9(11(16)18-3)10(14)12(17)19-4/h5-7H2,1-4H3/t13-,14-/m1/s1. The molecule has 0 amide bonds. The van der Waals surface area contributed by atoms with E-state index in [9.17, 15) is 14.4 Å². The molecule has 2 heterocycles. The van der Waals surface area contributed by atoms with Crippen LogP contribution < -0.4 is 0 Å². The van der Waals surface area contributed by atoms with Crippen LogP contribution in [0.15, 0.2) is 11.1 Å². The van der Waals surface area contributed by atoms with Crippen molar-refractivity contribution in [1.29, 1.82) is 0 Å². The van der Waals surface area contributed by atoms with Gasteiger partial charge in [0.2, 0.25) is 0 Å². The largest absolute Gasteiger partial charge is 0.466 e. The van der Waals surface area contributed by atoms with E-state index in [0.29, 0.717) is 19.3 Å². The number of esters is 2. The predicted octanol–water partition coefficient (Wildman–Crippen LogP) is 0.930. The first-order valence-electron chi connectivity index (χ1n) is 6.45. The molecule has 6 heteroatoms. The van der Waals surface area contributed by atoms with E-state index < -0.39 is 23.1 Å². The van der Waals surface area contributed by atoms with E-state index in [0.717, 1.165) is 0 Å². The van der Waals surface area contributed by atoms with Crippen LogP contribution in [0.5, 0.6) is 0 Å². The predicted molar refractivity (Wildman–Crippen MR) is 67.8 cm³/mol. The third-order valence-electron chi connectivity index (χ3n) is 4.11. The smallest absolute Gasteiger partial charge is 0.337 e. The number of fused-ring (bicyclic) bond motifs is 2. The van der Waals surface area contributed by atoms with Gasteiger partial charge in [-0.15, -0.1) is 0 Å². The van der Waals surface area contributed by atoms with Gasteiger partial charge in [0.05, 0.1) is 31.0 Å². The van der Waals surface area contributed by atoms with Crippen LogP contribution in [0.4, 0.5) is 0 Å². The molecule has 0 N–H and O–H groups in total. The lowest BCUT2D eigenvalue weighted by molar-refractivity contribution is -0.164. The normalized spacial score (nSPS) is 32.0. The monoisotopic (exact) mass is 282 g/mol. The van der Waals surface area contributed by atoms with Gasteiger partial charge in [0, 0.05) is 0 Å². The van der Waals surface area contributed by atoms with Crippen molar-refractivity contribution in [1.82, 2.24) is 0 Å². The highest BCUT2D eigenvalue weighted by atomic mass is 16.6. The molecule has 0 saturated carbocycles. The van der Waals surface area contributed by atoms with Gasteiger partial charge in [-0.25, -0.2) is 9.59 Å². The van der Waals surface area contributed by atoms with Crippen LogP contribution in [0.1, 0.15) is 33.1 Å². The third-order valence-corrected chi connectivity index (χ3v) is 4.11. The number of hydrogen-bond acceptors (Lipinski definition) is 6. The van der Waals surface area contributed by atoms with Crippen LogP contribution in [-0.2, 0) is 28.6 Å². The van der Waals surface area contributed by atoms with E-state index in [1.165, 1.54) is 21.1 Å². The summed E-state index contributed by atoms with van der Waals surface area (Å²) in [5.41, 5.74) is -2.26. The van der Waals surface area contributed by atoms with Gasteiger partial charge in [-0.2, -0.15) is 0 Å². The molecular weight excluding hydrogens is 264 g/mol. The summed E-state index contributed by atoms with van der Waals surface area (Å²) in [5.74, 6) is -1.67. The summed E-state index contributed by atoms with van der Waals surface area (Å²) in [7, 11) is 2.44. The molecule has 0 aromatic carbocycles. The maximum absolute atomic E-state index is 12.1. The van der Waals surface area contributed by atoms with Crippen molar-refractivity contribution in [3.63, 3.8) is 0 Å². The summed E-state index contributed by atoms with van der Waals surface area (Å²) in [6.45, 7) is 3.06. The van der Waals surface area contributed by atoms with Crippen molar-refractivity contribution in [3.05, 3.63) is 11.1 Å². The van der Waals surface area contributed by atoms with Gasteiger partial charge in [0.25, 0.3) is 0 Å². The summed E-state index contributed by atoms with van der Waals surface area (Å²) in [6.07, 6.45) is 1.59. The second-order valence-electron chi connectivity index (χ2n) is 5.30. The molecule has 0 aromatic heterocycles. The highest BCUT2D eigenvalue weighted by molar-refractivity contribution is 6.10. The number of rotatable bonds is 3. The van der Waals surface area contributed by atoms with E-state index in [4.69, 9.17) is 14.2 Å². The molecule has 0 aromatic rings. The minimum absolute atomic E-state index is 0.000602. The number of methoxy groups -OCH3 is 2. The Hall–Kier alpha value is -1.69. The number of carbonyl (C=O) groups is 3. The minimum atomic E-state index is -1.39. The molecular formula is C14H18O6. The van der Waals surface area contributed by atoms with Gasteiger partial charge in [-0.1, -0.05) is 0 Å². The Morgan fingerprint density at radius 3 is 2.10 bits per heavy atom. The Balaban J connectivity index is 2.73. The van der Waals surface area contributed by atoms with Crippen molar-refractivity contribution in [2.45, 2.75) is 44.3 Å². The molecule has 2 aliphatic rings. The van der Waals surface area contributed by atoms with E-state index in [2.05, 4.69) is 0 Å². The SMILES string of the molecule is COC(=O)C1=C(C(=O)OC)[C@@]2(C)CCC[C@]1(C(C)=O)O2. The fourth-order valence-electron chi connectivity index (χ4n) is 3.19. The summed E-state index contributed by atoms with van der Waals surface area (Å²) in [4.78, 5) is 36.3. The van der Waals surface area contributed by atoms with Crippen molar-refractivity contribution in [2.75, 3.05) is 14.2 Å². The van der Waals surface area contributed by atoms with Gasteiger partial charge in [-0.05, 0) is 33.1 Å². The average Bonchev–Trinajstić information content (AvgIpc) is 2.60. The fourth-order valence-corrected chi connectivity index (χ4v) is 3.19. The molecule has 0 unspecified atom stereocenters. The van der Waals surface area contributed by atoms with Crippen LogP contribution in [0, 0.1) is 0 Å². The van der Waals surface area contributed by atoms with Gasteiger partial charge in [0.15, 0.2) is 11.4 Å². The molecule has 1 fully saturated rings. The maximum atomic E-state index is 12.1. The third kappa shape index (κ3) is 1.78. The Kier molecular flexibility index (Phi) is 3.46. The van der Waals surface area contributed by atoms with Crippen molar-refractivity contribution < 1.29 is 28.6 Å². The molecule has 2 aliphatic heterocycles. The van der Waals surface area contributed by atoms with Crippen molar-refractivity contribution in [3.8, 4) is 0 Å². The van der Waals surface area contributed by atoms with Crippen LogP contribution >= 0.6 is 0 Å². The molecule has 2 rings (SSSR count). The number of ether oxygens (including phenoxy) is 3. The lowest BCUT2D eigenvalue weighted by Gasteiger charge is -2.38. The van der Waals surface area contributed by atoms with Gasteiger partial charge in [-0.3, -0.25) is 4.79 Å². The van der Waals surface area contributed by atoms with Crippen LogP contribution in [0.25, 0.3) is 0 Å². The van der Waals surface area contributed by atoms with E-state index in [1.54, 1.807) is 6.92 Å².